The number of nitrogens with one attached hydrogen (secondary N) is 2. The number of aliphatic hydroxyl groups is 1. The third kappa shape index (κ3) is 10.3. The van der Waals surface area contributed by atoms with Gasteiger partial charge in [-0.2, -0.15) is 4.98 Å². The molecule has 0 aliphatic rings. The Balaban J connectivity index is 0.00000625. The largest absolute Gasteiger partial charge is 0.396 e. The van der Waals surface area contributed by atoms with Crippen molar-refractivity contribution in [1.82, 2.24) is 20.8 Å². The van der Waals surface area contributed by atoms with Crippen molar-refractivity contribution in [3.05, 3.63) is 11.7 Å². The summed E-state index contributed by atoms with van der Waals surface area (Å²) in [6, 6.07) is 0. The summed E-state index contributed by atoms with van der Waals surface area (Å²) in [5.41, 5.74) is 0. The molecule has 1 aromatic heterocycles. The summed E-state index contributed by atoms with van der Waals surface area (Å²) < 4.78 is 5.25. The summed E-state index contributed by atoms with van der Waals surface area (Å²) in [6.07, 6.45) is 2.53. The van der Waals surface area contributed by atoms with Crippen molar-refractivity contribution in [2.75, 3.05) is 26.2 Å². The molecule has 8 heteroatoms. The third-order valence-electron chi connectivity index (χ3n) is 3.83. The van der Waals surface area contributed by atoms with Crippen molar-refractivity contribution in [2.24, 2.45) is 16.8 Å². The van der Waals surface area contributed by atoms with Gasteiger partial charge in [-0.1, -0.05) is 32.9 Å². The van der Waals surface area contributed by atoms with Gasteiger partial charge in [0, 0.05) is 38.6 Å². The van der Waals surface area contributed by atoms with Gasteiger partial charge in [0.05, 0.1) is 0 Å². The first-order valence-corrected chi connectivity index (χ1v) is 9.41. The number of guanidine groups is 1. The van der Waals surface area contributed by atoms with E-state index in [4.69, 9.17) is 4.52 Å². The zero-order valence-corrected chi connectivity index (χ0v) is 19.1. The Bertz CT molecular complexity index is 506. The highest BCUT2D eigenvalue weighted by atomic mass is 127. The van der Waals surface area contributed by atoms with Gasteiger partial charge in [0.15, 0.2) is 11.8 Å². The fourth-order valence-corrected chi connectivity index (χ4v) is 2.59. The Morgan fingerprint density at radius 2 is 1.96 bits per heavy atom. The monoisotopic (exact) mass is 481 g/mol. The minimum Gasteiger partial charge on any atom is -0.396 e. The molecule has 0 aliphatic carbocycles. The average molecular weight is 481 g/mol. The van der Waals surface area contributed by atoms with E-state index in [1.165, 1.54) is 0 Å². The molecule has 0 bridgehead atoms. The van der Waals surface area contributed by atoms with Crippen LogP contribution in [0.5, 0.6) is 0 Å². The van der Waals surface area contributed by atoms with E-state index < -0.39 is 0 Å². The molecule has 0 radical (unpaired) electrons. The van der Waals surface area contributed by atoms with Gasteiger partial charge in [0.25, 0.3) is 0 Å². The molecule has 0 spiro atoms. The first-order valence-electron chi connectivity index (χ1n) is 9.41. The van der Waals surface area contributed by atoms with Gasteiger partial charge in [0.1, 0.15) is 0 Å². The molecule has 0 saturated carbocycles. The van der Waals surface area contributed by atoms with Crippen molar-refractivity contribution < 1.29 is 9.63 Å². The van der Waals surface area contributed by atoms with Gasteiger partial charge in [0.2, 0.25) is 5.89 Å². The van der Waals surface area contributed by atoms with E-state index in [1.54, 1.807) is 0 Å². The fourth-order valence-electron chi connectivity index (χ4n) is 2.59. The SMILES string of the molecule is CCNC(=NCC(CCO)CC(C)C)NCCc1nc(C(C)C)no1.I. The van der Waals surface area contributed by atoms with Crippen molar-refractivity contribution in [3.63, 3.8) is 0 Å². The molecular weight excluding hydrogens is 445 g/mol. The first-order chi connectivity index (χ1) is 12.0. The maximum atomic E-state index is 9.22. The summed E-state index contributed by atoms with van der Waals surface area (Å²) in [5.74, 6) is 3.47. The average Bonchev–Trinajstić information content (AvgIpc) is 3.01. The highest BCUT2D eigenvalue weighted by molar-refractivity contribution is 14.0. The lowest BCUT2D eigenvalue weighted by Crippen LogP contribution is -2.38. The molecule has 1 aromatic rings. The number of aliphatic imine (C=N–C) groups is 1. The van der Waals surface area contributed by atoms with E-state index in [-0.39, 0.29) is 36.5 Å². The van der Waals surface area contributed by atoms with Gasteiger partial charge in [-0.3, -0.25) is 4.99 Å². The zero-order valence-electron chi connectivity index (χ0n) is 16.8. The van der Waals surface area contributed by atoms with E-state index in [0.29, 0.717) is 37.2 Å². The second-order valence-electron chi connectivity index (χ2n) is 7.11. The van der Waals surface area contributed by atoms with E-state index in [1.807, 2.05) is 20.8 Å². The summed E-state index contributed by atoms with van der Waals surface area (Å²) in [5, 5.41) is 19.8. The number of nitrogens with zero attached hydrogens (tertiary/aromatic N) is 3. The molecule has 7 nitrogen and oxygen atoms in total. The Labute approximate surface area is 174 Å². The normalized spacial score (nSPS) is 13.0. The predicted octanol–water partition coefficient (Wildman–Crippen LogP) is 2.95. The number of halogens is 1. The lowest BCUT2D eigenvalue weighted by Gasteiger charge is -2.17. The van der Waals surface area contributed by atoms with Crippen LogP contribution in [0.1, 0.15) is 65.1 Å². The van der Waals surface area contributed by atoms with Crippen LogP contribution in [-0.2, 0) is 6.42 Å². The summed E-state index contributed by atoms with van der Waals surface area (Å²) >= 11 is 0. The molecule has 0 amide bonds. The van der Waals surface area contributed by atoms with Crippen molar-refractivity contribution >= 4 is 29.9 Å². The van der Waals surface area contributed by atoms with Gasteiger partial charge in [-0.25, -0.2) is 0 Å². The molecule has 1 heterocycles. The van der Waals surface area contributed by atoms with E-state index >= 15 is 0 Å². The lowest BCUT2D eigenvalue weighted by molar-refractivity contribution is 0.245. The van der Waals surface area contributed by atoms with Crippen LogP contribution in [0.15, 0.2) is 9.52 Å². The van der Waals surface area contributed by atoms with Gasteiger partial charge < -0.3 is 20.3 Å². The maximum absolute atomic E-state index is 9.22. The first kappa shape index (κ1) is 25.1. The van der Waals surface area contributed by atoms with E-state index in [9.17, 15) is 5.11 Å². The van der Waals surface area contributed by atoms with Crippen LogP contribution >= 0.6 is 24.0 Å². The number of aromatic nitrogens is 2. The number of rotatable bonds is 11. The predicted molar refractivity (Wildman–Crippen MR) is 116 cm³/mol. The number of hydrogen-bond donors (Lipinski definition) is 3. The van der Waals surface area contributed by atoms with Gasteiger partial charge >= 0.3 is 0 Å². The molecule has 3 N–H and O–H groups in total. The van der Waals surface area contributed by atoms with Crippen LogP contribution in [0, 0.1) is 11.8 Å². The second-order valence-corrected chi connectivity index (χ2v) is 7.11. The van der Waals surface area contributed by atoms with E-state index in [2.05, 4.69) is 39.6 Å². The molecule has 152 valence electrons. The number of hydrogen-bond acceptors (Lipinski definition) is 5. The van der Waals surface area contributed by atoms with Crippen LogP contribution < -0.4 is 10.6 Å². The van der Waals surface area contributed by atoms with Gasteiger partial charge in [-0.05, 0) is 31.6 Å². The molecule has 1 rings (SSSR count). The maximum Gasteiger partial charge on any atom is 0.228 e. The van der Waals surface area contributed by atoms with Crippen molar-refractivity contribution in [2.45, 2.75) is 59.8 Å². The van der Waals surface area contributed by atoms with Crippen LogP contribution in [0.4, 0.5) is 0 Å². The Hall–Kier alpha value is -0.900. The zero-order chi connectivity index (χ0) is 18.7. The van der Waals surface area contributed by atoms with Crippen molar-refractivity contribution in [1.29, 1.82) is 0 Å². The Kier molecular flexibility index (Phi) is 13.7. The molecule has 0 fully saturated rings. The van der Waals surface area contributed by atoms with Gasteiger partial charge in [-0.15, -0.1) is 24.0 Å². The fraction of sp³-hybridized carbons (Fsp3) is 0.833. The quantitative estimate of drug-likeness (QED) is 0.256. The summed E-state index contributed by atoms with van der Waals surface area (Å²) in [4.78, 5) is 9.04. The standard InChI is InChI=1S/C18H35N5O2.HI/c1-6-19-18(21-12-15(8-10-24)11-13(2)3)20-9-7-16-22-17(14(4)5)23-25-16;/h13-15,24H,6-12H2,1-5H3,(H2,19,20,21);1H. The molecule has 26 heavy (non-hydrogen) atoms. The number of aliphatic hydroxyl groups excluding tert-OH is 1. The summed E-state index contributed by atoms with van der Waals surface area (Å²) in [7, 11) is 0. The van der Waals surface area contributed by atoms with Crippen LogP contribution in [0.2, 0.25) is 0 Å². The van der Waals surface area contributed by atoms with Crippen LogP contribution in [0.3, 0.4) is 0 Å². The minimum atomic E-state index is 0. The minimum absolute atomic E-state index is 0. The molecule has 0 aliphatic heterocycles. The van der Waals surface area contributed by atoms with Crippen LogP contribution in [0.25, 0.3) is 0 Å². The highest BCUT2D eigenvalue weighted by Crippen LogP contribution is 2.15. The highest BCUT2D eigenvalue weighted by Gasteiger charge is 2.12. The van der Waals surface area contributed by atoms with Crippen LogP contribution in [-0.4, -0.2) is 47.4 Å². The topological polar surface area (TPSA) is 95.6 Å². The Morgan fingerprint density at radius 3 is 2.50 bits per heavy atom. The second kappa shape index (κ2) is 14.2. The molecule has 1 unspecified atom stereocenters. The molecular formula is C18H36IN5O2. The smallest absolute Gasteiger partial charge is 0.228 e. The molecule has 1 atom stereocenters. The molecule has 0 aromatic carbocycles. The molecule has 0 saturated heterocycles. The third-order valence-corrected chi connectivity index (χ3v) is 3.83. The Morgan fingerprint density at radius 1 is 1.23 bits per heavy atom. The van der Waals surface area contributed by atoms with E-state index in [0.717, 1.165) is 31.2 Å². The lowest BCUT2D eigenvalue weighted by atomic mass is 9.94. The summed E-state index contributed by atoms with van der Waals surface area (Å²) in [6.45, 7) is 13.0. The van der Waals surface area contributed by atoms with Crippen molar-refractivity contribution in [3.8, 4) is 0 Å².